The van der Waals surface area contributed by atoms with Crippen molar-refractivity contribution in [1.29, 1.82) is 0 Å². The van der Waals surface area contributed by atoms with Gasteiger partial charge in [-0.05, 0) is 37.8 Å². The lowest BCUT2D eigenvalue weighted by Crippen LogP contribution is -2.44. The molecule has 1 N–H and O–H groups in total. The molecule has 100 valence electrons. The third-order valence-electron chi connectivity index (χ3n) is 4.09. The molecule has 0 aliphatic carbocycles. The van der Waals surface area contributed by atoms with Gasteiger partial charge in [-0.25, -0.2) is 4.98 Å². The van der Waals surface area contributed by atoms with Crippen LogP contribution >= 0.6 is 0 Å². The Labute approximate surface area is 112 Å². The number of hydrogen-bond acceptors (Lipinski definition) is 2. The van der Waals surface area contributed by atoms with Crippen LogP contribution < -0.4 is 0 Å². The maximum Gasteiger partial charge on any atom is 0.254 e. The van der Waals surface area contributed by atoms with E-state index in [4.69, 9.17) is 0 Å². The number of fused-ring (bicyclic) bond motifs is 1. The lowest BCUT2D eigenvalue weighted by molar-refractivity contribution is 0.0590. The number of amides is 1. The minimum Gasteiger partial charge on any atom is -0.346 e. The summed E-state index contributed by atoms with van der Waals surface area (Å²) < 4.78 is 0. The highest BCUT2D eigenvalue weighted by atomic mass is 16.2. The summed E-state index contributed by atoms with van der Waals surface area (Å²) >= 11 is 0. The quantitative estimate of drug-likeness (QED) is 0.854. The van der Waals surface area contributed by atoms with E-state index in [1.54, 1.807) is 6.20 Å². The predicted molar refractivity (Wildman–Crippen MR) is 75.0 cm³/mol. The fourth-order valence-electron chi connectivity index (χ4n) is 3.01. The van der Waals surface area contributed by atoms with Crippen LogP contribution in [0.1, 0.15) is 37.0 Å². The van der Waals surface area contributed by atoms with Gasteiger partial charge in [0.2, 0.25) is 0 Å². The maximum absolute atomic E-state index is 12.7. The highest BCUT2D eigenvalue weighted by Gasteiger charge is 2.28. The Kier molecular flexibility index (Phi) is 3.01. The molecule has 0 bridgehead atoms. The number of pyridine rings is 1. The smallest absolute Gasteiger partial charge is 0.254 e. The number of aromatic amines is 1. The lowest BCUT2D eigenvalue weighted by atomic mass is 9.93. The number of nitrogens with one attached hydrogen (secondary N) is 1. The zero-order valence-corrected chi connectivity index (χ0v) is 11.4. The topological polar surface area (TPSA) is 49.0 Å². The van der Waals surface area contributed by atoms with E-state index in [2.05, 4.69) is 23.8 Å². The normalized spacial score (nSPS) is 23.8. The first kappa shape index (κ1) is 12.2. The summed E-state index contributed by atoms with van der Waals surface area (Å²) in [4.78, 5) is 22.0. The second kappa shape index (κ2) is 4.68. The van der Waals surface area contributed by atoms with E-state index < -0.39 is 0 Å². The molecule has 0 aromatic carbocycles. The molecule has 2 aromatic heterocycles. The van der Waals surface area contributed by atoms with E-state index in [9.17, 15) is 4.79 Å². The first-order valence-corrected chi connectivity index (χ1v) is 6.90. The molecule has 0 unspecified atom stereocenters. The fraction of sp³-hybridized carbons (Fsp3) is 0.467. The van der Waals surface area contributed by atoms with E-state index in [1.807, 2.05) is 23.2 Å². The average Bonchev–Trinajstić information content (AvgIpc) is 2.86. The van der Waals surface area contributed by atoms with Gasteiger partial charge < -0.3 is 9.88 Å². The van der Waals surface area contributed by atoms with Crippen LogP contribution in [0.2, 0.25) is 0 Å². The van der Waals surface area contributed by atoms with Gasteiger partial charge in [0.25, 0.3) is 5.91 Å². The van der Waals surface area contributed by atoms with Crippen molar-refractivity contribution in [3.8, 4) is 0 Å². The summed E-state index contributed by atoms with van der Waals surface area (Å²) in [6.45, 7) is 5.26. The number of carbonyl (C=O) groups excluding carboxylic acids is 1. The molecule has 0 radical (unpaired) electrons. The van der Waals surface area contributed by atoms with Crippen molar-refractivity contribution >= 4 is 16.9 Å². The molecule has 3 rings (SSSR count). The van der Waals surface area contributed by atoms with Crippen LogP contribution in [0.25, 0.3) is 11.0 Å². The lowest BCUT2D eigenvalue weighted by Gasteiger charge is -2.36. The van der Waals surface area contributed by atoms with Crippen molar-refractivity contribution in [2.75, 3.05) is 6.54 Å². The minimum absolute atomic E-state index is 0.131. The Bertz CT molecular complexity index is 604. The first-order valence-electron chi connectivity index (χ1n) is 6.90. The van der Waals surface area contributed by atoms with Crippen LogP contribution in [-0.4, -0.2) is 33.4 Å². The number of hydrogen-bond donors (Lipinski definition) is 1. The molecule has 1 aliphatic rings. The predicted octanol–water partition coefficient (Wildman–Crippen LogP) is 2.82. The Morgan fingerprint density at radius 2 is 2.26 bits per heavy atom. The molecular weight excluding hydrogens is 238 g/mol. The van der Waals surface area contributed by atoms with E-state index in [0.717, 1.165) is 36.0 Å². The van der Waals surface area contributed by atoms with Crippen LogP contribution in [0.5, 0.6) is 0 Å². The van der Waals surface area contributed by atoms with Crippen molar-refractivity contribution in [3.63, 3.8) is 0 Å². The number of piperidine rings is 1. The van der Waals surface area contributed by atoms with E-state index in [0.29, 0.717) is 12.0 Å². The highest BCUT2D eigenvalue weighted by molar-refractivity contribution is 6.05. The van der Waals surface area contributed by atoms with Gasteiger partial charge in [0.15, 0.2) is 0 Å². The third-order valence-corrected chi connectivity index (χ3v) is 4.09. The summed E-state index contributed by atoms with van der Waals surface area (Å²) in [5, 5.41) is 0.915. The van der Waals surface area contributed by atoms with Crippen LogP contribution in [0.15, 0.2) is 24.5 Å². The van der Waals surface area contributed by atoms with Gasteiger partial charge in [-0.1, -0.05) is 6.92 Å². The van der Waals surface area contributed by atoms with Gasteiger partial charge in [0.1, 0.15) is 5.65 Å². The minimum atomic E-state index is 0.131. The average molecular weight is 257 g/mol. The van der Waals surface area contributed by atoms with Crippen LogP contribution in [0.3, 0.4) is 0 Å². The van der Waals surface area contributed by atoms with Crippen molar-refractivity contribution in [2.24, 2.45) is 5.92 Å². The molecule has 3 heterocycles. The number of H-pyrrole nitrogens is 1. The van der Waals surface area contributed by atoms with Gasteiger partial charge in [-0.3, -0.25) is 4.79 Å². The Morgan fingerprint density at radius 3 is 3.05 bits per heavy atom. The second-order valence-electron chi connectivity index (χ2n) is 5.58. The monoisotopic (exact) mass is 257 g/mol. The SMILES string of the molecule is C[C@@H]1CCN(C(=O)c2ccnc3[nH]ccc23)[C@H](C)C1. The molecule has 1 aliphatic heterocycles. The number of aromatic nitrogens is 2. The maximum atomic E-state index is 12.7. The van der Waals surface area contributed by atoms with Crippen molar-refractivity contribution < 1.29 is 4.79 Å². The molecule has 4 heteroatoms. The standard InChI is InChI=1S/C15H19N3O/c1-10-5-8-18(11(2)9-10)15(19)13-4-7-17-14-12(13)3-6-16-14/h3-4,6-7,10-11H,5,8-9H2,1-2H3,(H,16,17)/t10-,11-/m1/s1. The highest BCUT2D eigenvalue weighted by Crippen LogP contribution is 2.25. The largest absolute Gasteiger partial charge is 0.346 e. The summed E-state index contributed by atoms with van der Waals surface area (Å²) in [5.74, 6) is 0.843. The van der Waals surface area contributed by atoms with Gasteiger partial charge in [0.05, 0.1) is 5.56 Å². The van der Waals surface area contributed by atoms with Crippen molar-refractivity contribution in [1.82, 2.24) is 14.9 Å². The molecular formula is C15H19N3O. The Morgan fingerprint density at radius 1 is 1.42 bits per heavy atom. The molecule has 1 saturated heterocycles. The second-order valence-corrected chi connectivity index (χ2v) is 5.58. The summed E-state index contributed by atoms with van der Waals surface area (Å²) in [5.41, 5.74) is 1.54. The summed E-state index contributed by atoms with van der Waals surface area (Å²) in [6, 6.07) is 4.06. The molecule has 2 aromatic rings. The van der Waals surface area contributed by atoms with Crippen molar-refractivity contribution in [2.45, 2.75) is 32.7 Å². The van der Waals surface area contributed by atoms with Crippen LogP contribution in [0, 0.1) is 5.92 Å². The van der Waals surface area contributed by atoms with E-state index in [-0.39, 0.29) is 5.91 Å². The zero-order valence-electron chi connectivity index (χ0n) is 11.4. The van der Waals surface area contributed by atoms with Gasteiger partial charge in [0, 0.05) is 30.4 Å². The molecule has 4 nitrogen and oxygen atoms in total. The number of nitrogens with zero attached hydrogens (tertiary/aromatic N) is 2. The number of likely N-dealkylation sites (tertiary alicyclic amines) is 1. The molecule has 1 amide bonds. The van der Waals surface area contributed by atoms with Gasteiger partial charge >= 0.3 is 0 Å². The van der Waals surface area contributed by atoms with Gasteiger partial charge in [-0.2, -0.15) is 0 Å². The fourth-order valence-corrected chi connectivity index (χ4v) is 3.01. The molecule has 19 heavy (non-hydrogen) atoms. The zero-order chi connectivity index (χ0) is 13.4. The summed E-state index contributed by atoms with van der Waals surface area (Å²) in [7, 11) is 0. The number of carbonyl (C=O) groups is 1. The molecule has 0 saturated carbocycles. The van der Waals surface area contributed by atoms with Crippen molar-refractivity contribution in [3.05, 3.63) is 30.1 Å². The third kappa shape index (κ3) is 2.11. The molecule has 2 atom stereocenters. The summed E-state index contributed by atoms with van der Waals surface area (Å²) in [6.07, 6.45) is 5.71. The Hall–Kier alpha value is -1.84. The Balaban J connectivity index is 1.93. The number of rotatable bonds is 1. The first-order chi connectivity index (χ1) is 9.16. The van der Waals surface area contributed by atoms with E-state index in [1.165, 1.54) is 0 Å². The molecule has 0 spiro atoms. The van der Waals surface area contributed by atoms with Crippen LogP contribution in [0.4, 0.5) is 0 Å². The van der Waals surface area contributed by atoms with Crippen LogP contribution in [-0.2, 0) is 0 Å². The molecule has 1 fully saturated rings. The van der Waals surface area contributed by atoms with E-state index >= 15 is 0 Å². The van der Waals surface area contributed by atoms with Gasteiger partial charge in [-0.15, -0.1) is 0 Å².